The molecule has 4 nitrogen and oxygen atoms in total. The lowest BCUT2D eigenvalue weighted by Gasteiger charge is -2.29. The van der Waals surface area contributed by atoms with Gasteiger partial charge in [-0.2, -0.15) is 0 Å². The van der Waals surface area contributed by atoms with Gasteiger partial charge < -0.3 is 19.6 Å². The molecule has 0 radical (unpaired) electrons. The van der Waals surface area contributed by atoms with Crippen LogP contribution in [0.4, 0.5) is 0 Å². The Morgan fingerprint density at radius 1 is 0.500 bits per heavy atom. The Labute approximate surface area is 135 Å². The van der Waals surface area contributed by atoms with Crippen LogP contribution < -0.4 is 0 Å². The lowest BCUT2D eigenvalue weighted by molar-refractivity contribution is 0.233. The molecule has 4 atom stereocenters. The monoisotopic (exact) mass is 304 g/mol. The van der Waals surface area contributed by atoms with Crippen LogP contribution in [0, 0.1) is 0 Å². The molecule has 0 N–H and O–H groups in total. The standard InChI is InChI=1S/C18H32N4/c1-19-13-9-5-6-10-14(13)20(2)17(19)18-21(3)15-11-7-8-12-16(15)22(18)4/h13-16H,5-12H2,1-4H3. The van der Waals surface area contributed by atoms with Crippen LogP contribution in [0.2, 0.25) is 0 Å². The molecule has 0 aromatic heterocycles. The van der Waals surface area contributed by atoms with E-state index in [1.165, 1.54) is 63.0 Å². The van der Waals surface area contributed by atoms with Gasteiger partial charge in [-0.05, 0) is 25.7 Å². The Morgan fingerprint density at radius 2 is 0.727 bits per heavy atom. The van der Waals surface area contributed by atoms with Crippen LogP contribution in [0.5, 0.6) is 0 Å². The minimum atomic E-state index is 0.727. The predicted octanol–water partition coefficient (Wildman–Crippen LogP) is 2.49. The smallest absolute Gasteiger partial charge is 0.146 e. The van der Waals surface area contributed by atoms with Gasteiger partial charge in [-0.3, -0.25) is 0 Å². The van der Waals surface area contributed by atoms with Crippen molar-refractivity contribution >= 4 is 0 Å². The van der Waals surface area contributed by atoms with Gasteiger partial charge in [0.15, 0.2) is 0 Å². The highest BCUT2D eigenvalue weighted by atomic mass is 15.5. The molecular formula is C18H32N4. The number of fused-ring (bicyclic) bond motifs is 2. The molecular weight excluding hydrogens is 272 g/mol. The molecule has 2 saturated heterocycles. The zero-order chi connectivity index (χ0) is 15.4. The van der Waals surface area contributed by atoms with Crippen LogP contribution in [0.3, 0.4) is 0 Å². The van der Waals surface area contributed by atoms with E-state index in [9.17, 15) is 0 Å². The molecule has 4 fully saturated rings. The van der Waals surface area contributed by atoms with E-state index in [0.29, 0.717) is 0 Å². The zero-order valence-electron chi connectivity index (χ0n) is 14.8. The summed E-state index contributed by atoms with van der Waals surface area (Å²) in [5.41, 5.74) is 0. The largest absolute Gasteiger partial charge is 0.353 e. The predicted molar refractivity (Wildman–Crippen MR) is 90.2 cm³/mol. The third kappa shape index (κ3) is 1.88. The van der Waals surface area contributed by atoms with Crippen molar-refractivity contribution in [2.24, 2.45) is 0 Å². The minimum absolute atomic E-state index is 0.727. The summed E-state index contributed by atoms with van der Waals surface area (Å²) in [4.78, 5) is 10.4. The van der Waals surface area contributed by atoms with Crippen LogP contribution in [-0.4, -0.2) is 72.0 Å². The highest BCUT2D eigenvalue weighted by molar-refractivity contribution is 5.23. The van der Waals surface area contributed by atoms with E-state index in [1.807, 2.05) is 0 Å². The Kier molecular flexibility index (Phi) is 3.46. The van der Waals surface area contributed by atoms with Crippen molar-refractivity contribution in [3.05, 3.63) is 11.6 Å². The average Bonchev–Trinajstić information content (AvgIpc) is 2.94. The molecule has 0 amide bonds. The fourth-order valence-electron chi connectivity index (χ4n) is 5.75. The summed E-state index contributed by atoms with van der Waals surface area (Å²) in [6.45, 7) is 0. The number of likely N-dealkylation sites (N-methyl/N-ethyl adjacent to an activating group) is 4. The van der Waals surface area contributed by atoms with E-state index >= 15 is 0 Å². The molecule has 0 spiro atoms. The van der Waals surface area contributed by atoms with Crippen molar-refractivity contribution in [3.63, 3.8) is 0 Å². The maximum atomic E-state index is 2.60. The molecule has 0 bridgehead atoms. The third-order valence-corrected chi connectivity index (χ3v) is 6.91. The van der Waals surface area contributed by atoms with Crippen molar-refractivity contribution < 1.29 is 0 Å². The first-order valence-corrected chi connectivity index (χ1v) is 9.27. The molecule has 2 aliphatic carbocycles. The van der Waals surface area contributed by atoms with Gasteiger partial charge >= 0.3 is 0 Å². The average molecular weight is 304 g/mol. The Balaban J connectivity index is 1.73. The van der Waals surface area contributed by atoms with Gasteiger partial charge in [0.2, 0.25) is 0 Å². The number of nitrogens with zero attached hydrogens (tertiary/aromatic N) is 4. The zero-order valence-corrected chi connectivity index (χ0v) is 14.8. The summed E-state index contributed by atoms with van der Waals surface area (Å²) in [7, 11) is 9.33. The number of rotatable bonds is 0. The van der Waals surface area contributed by atoms with Gasteiger partial charge in [-0.15, -0.1) is 0 Å². The van der Waals surface area contributed by atoms with E-state index in [2.05, 4.69) is 47.8 Å². The normalized spacial score (nSPS) is 38.7. The number of hydrogen-bond acceptors (Lipinski definition) is 4. The van der Waals surface area contributed by atoms with Crippen LogP contribution in [0.25, 0.3) is 0 Å². The molecule has 4 heteroatoms. The van der Waals surface area contributed by atoms with Crippen LogP contribution >= 0.6 is 0 Å². The van der Waals surface area contributed by atoms with Gasteiger partial charge in [0.1, 0.15) is 11.6 Å². The molecule has 4 unspecified atom stereocenters. The lowest BCUT2D eigenvalue weighted by atomic mass is 9.91. The quantitative estimate of drug-likeness (QED) is 0.681. The maximum absolute atomic E-state index is 2.60. The SMILES string of the molecule is CN1C(=C2N(C)C3CCCCC3N2C)N(C)C2CCCCC21. The second-order valence-corrected chi connectivity index (χ2v) is 7.93. The van der Waals surface area contributed by atoms with Crippen LogP contribution in [-0.2, 0) is 0 Å². The summed E-state index contributed by atoms with van der Waals surface area (Å²) in [5.74, 6) is 2.97. The summed E-state index contributed by atoms with van der Waals surface area (Å²) in [5, 5.41) is 0. The first-order chi connectivity index (χ1) is 10.6. The fourth-order valence-corrected chi connectivity index (χ4v) is 5.75. The minimum Gasteiger partial charge on any atom is -0.353 e. The summed E-state index contributed by atoms with van der Waals surface area (Å²) in [6.07, 6.45) is 11.1. The second kappa shape index (κ2) is 5.24. The molecule has 2 heterocycles. The van der Waals surface area contributed by atoms with Crippen molar-refractivity contribution in [1.82, 2.24) is 19.6 Å². The van der Waals surface area contributed by atoms with Gasteiger partial charge in [-0.1, -0.05) is 25.7 Å². The Morgan fingerprint density at radius 3 is 0.955 bits per heavy atom. The molecule has 2 saturated carbocycles. The molecule has 4 rings (SSSR count). The summed E-state index contributed by atoms with van der Waals surface area (Å²) in [6, 6.07) is 2.91. The van der Waals surface area contributed by atoms with Crippen molar-refractivity contribution in [3.8, 4) is 0 Å². The van der Waals surface area contributed by atoms with Gasteiger partial charge in [0.05, 0.1) is 24.2 Å². The highest BCUT2D eigenvalue weighted by Crippen LogP contribution is 2.43. The van der Waals surface area contributed by atoms with E-state index in [0.717, 1.165) is 24.2 Å². The Hall–Kier alpha value is -1.06. The highest BCUT2D eigenvalue weighted by Gasteiger charge is 2.47. The van der Waals surface area contributed by atoms with E-state index in [1.54, 1.807) is 0 Å². The second-order valence-electron chi connectivity index (χ2n) is 7.93. The van der Waals surface area contributed by atoms with Crippen LogP contribution in [0.1, 0.15) is 51.4 Å². The first-order valence-electron chi connectivity index (χ1n) is 9.27. The molecule has 4 aliphatic rings. The topological polar surface area (TPSA) is 13.0 Å². The summed E-state index contributed by atoms with van der Waals surface area (Å²) >= 11 is 0. The van der Waals surface area contributed by atoms with Crippen molar-refractivity contribution in [2.75, 3.05) is 28.2 Å². The molecule has 0 aromatic carbocycles. The third-order valence-electron chi connectivity index (χ3n) is 6.91. The molecule has 2 aliphatic heterocycles. The maximum Gasteiger partial charge on any atom is 0.146 e. The van der Waals surface area contributed by atoms with Crippen molar-refractivity contribution in [1.29, 1.82) is 0 Å². The van der Waals surface area contributed by atoms with Gasteiger partial charge in [0.25, 0.3) is 0 Å². The molecule has 22 heavy (non-hydrogen) atoms. The molecule has 0 aromatic rings. The molecule has 124 valence electrons. The first kappa shape index (κ1) is 14.5. The van der Waals surface area contributed by atoms with E-state index in [4.69, 9.17) is 0 Å². The Bertz CT molecular complexity index is 392. The van der Waals surface area contributed by atoms with Crippen molar-refractivity contribution in [2.45, 2.75) is 75.5 Å². The number of hydrogen-bond donors (Lipinski definition) is 0. The van der Waals surface area contributed by atoms with E-state index in [-0.39, 0.29) is 0 Å². The van der Waals surface area contributed by atoms with Crippen LogP contribution in [0.15, 0.2) is 11.6 Å². The van der Waals surface area contributed by atoms with Gasteiger partial charge in [0, 0.05) is 28.2 Å². The van der Waals surface area contributed by atoms with Gasteiger partial charge in [-0.25, -0.2) is 0 Å². The van der Waals surface area contributed by atoms with E-state index < -0.39 is 0 Å². The fraction of sp³-hybridized carbons (Fsp3) is 0.889. The summed E-state index contributed by atoms with van der Waals surface area (Å²) < 4.78 is 0. The lowest BCUT2D eigenvalue weighted by Crippen LogP contribution is -2.37.